The lowest BCUT2D eigenvalue weighted by molar-refractivity contribution is 0.0957. The van der Waals surface area contributed by atoms with Crippen molar-refractivity contribution in [3.05, 3.63) is 59.9 Å². The summed E-state index contributed by atoms with van der Waals surface area (Å²) in [6, 6.07) is 6.26. The third-order valence-corrected chi connectivity index (χ3v) is 3.56. The minimum Gasteiger partial charge on any atom is -0.348 e. The fourth-order valence-corrected chi connectivity index (χ4v) is 2.29. The number of benzene rings is 1. The molecule has 0 saturated carbocycles. The van der Waals surface area contributed by atoms with Crippen LogP contribution in [0.4, 0.5) is 11.6 Å². The van der Waals surface area contributed by atoms with Gasteiger partial charge >= 0.3 is 0 Å². The number of rotatable bonds is 7. The number of aromatic nitrogens is 2. The Labute approximate surface area is 136 Å². The quantitative estimate of drug-likeness (QED) is 0.770. The number of anilines is 2. The number of para-hydroxylation sites is 1. The van der Waals surface area contributed by atoms with Gasteiger partial charge in [-0.15, -0.1) is 6.58 Å². The van der Waals surface area contributed by atoms with Crippen molar-refractivity contribution in [3.8, 4) is 0 Å². The van der Waals surface area contributed by atoms with E-state index in [2.05, 4.69) is 59.2 Å². The van der Waals surface area contributed by atoms with Crippen LogP contribution < -0.4 is 10.6 Å². The maximum absolute atomic E-state index is 11.8. The topological polar surface area (TPSA) is 66.9 Å². The van der Waals surface area contributed by atoms with Gasteiger partial charge in [-0.05, 0) is 24.0 Å². The SMILES string of the molecule is C=CCNC(=O)c1cnc(Nc2c(CC)cccc2CC)nc1. The second-order valence-corrected chi connectivity index (χ2v) is 5.08. The van der Waals surface area contributed by atoms with Gasteiger partial charge in [-0.2, -0.15) is 0 Å². The zero-order valence-electron chi connectivity index (χ0n) is 13.6. The summed E-state index contributed by atoms with van der Waals surface area (Å²) in [5.41, 5.74) is 3.93. The van der Waals surface area contributed by atoms with Crippen molar-refractivity contribution in [2.45, 2.75) is 26.7 Å². The predicted octanol–water partition coefficient (Wildman–Crippen LogP) is 3.26. The number of carbonyl (C=O) groups is 1. The fourth-order valence-electron chi connectivity index (χ4n) is 2.29. The van der Waals surface area contributed by atoms with Crippen LogP contribution in [0, 0.1) is 0 Å². The molecular formula is C18H22N4O. The molecule has 1 amide bonds. The molecule has 1 aromatic carbocycles. The van der Waals surface area contributed by atoms with Gasteiger partial charge in [0.2, 0.25) is 5.95 Å². The molecule has 1 heterocycles. The van der Waals surface area contributed by atoms with Gasteiger partial charge in [0.1, 0.15) is 0 Å². The van der Waals surface area contributed by atoms with E-state index in [4.69, 9.17) is 0 Å². The summed E-state index contributed by atoms with van der Waals surface area (Å²) in [7, 11) is 0. The van der Waals surface area contributed by atoms with Crippen LogP contribution in [0.5, 0.6) is 0 Å². The van der Waals surface area contributed by atoms with Crippen LogP contribution in [0.3, 0.4) is 0 Å². The highest BCUT2D eigenvalue weighted by Crippen LogP contribution is 2.24. The Kier molecular flexibility index (Phi) is 5.86. The summed E-state index contributed by atoms with van der Waals surface area (Å²) in [6.07, 6.45) is 6.53. The van der Waals surface area contributed by atoms with Crippen LogP contribution in [0.25, 0.3) is 0 Å². The van der Waals surface area contributed by atoms with Crippen molar-refractivity contribution in [2.24, 2.45) is 0 Å². The van der Waals surface area contributed by atoms with E-state index >= 15 is 0 Å². The van der Waals surface area contributed by atoms with E-state index in [0.717, 1.165) is 18.5 Å². The van der Waals surface area contributed by atoms with E-state index in [1.807, 2.05) is 0 Å². The third kappa shape index (κ3) is 4.16. The molecule has 0 saturated heterocycles. The average molecular weight is 310 g/mol. The summed E-state index contributed by atoms with van der Waals surface area (Å²) >= 11 is 0. The van der Waals surface area contributed by atoms with E-state index in [1.54, 1.807) is 6.08 Å². The molecule has 0 unspecified atom stereocenters. The lowest BCUT2D eigenvalue weighted by Crippen LogP contribution is -2.23. The zero-order valence-corrected chi connectivity index (χ0v) is 13.6. The van der Waals surface area contributed by atoms with Crippen LogP contribution in [-0.4, -0.2) is 22.4 Å². The van der Waals surface area contributed by atoms with E-state index in [-0.39, 0.29) is 5.91 Å². The molecule has 2 aromatic rings. The van der Waals surface area contributed by atoms with E-state index in [9.17, 15) is 4.79 Å². The van der Waals surface area contributed by atoms with Crippen LogP contribution in [0.1, 0.15) is 35.3 Å². The molecule has 5 nitrogen and oxygen atoms in total. The molecule has 2 rings (SSSR count). The number of nitrogens with one attached hydrogen (secondary N) is 2. The first kappa shape index (κ1) is 16.7. The molecule has 23 heavy (non-hydrogen) atoms. The molecule has 0 aliphatic carbocycles. The van der Waals surface area contributed by atoms with Gasteiger partial charge in [0.05, 0.1) is 5.56 Å². The number of hydrogen-bond acceptors (Lipinski definition) is 4. The molecule has 0 bridgehead atoms. The Bertz CT molecular complexity index is 658. The molecule has 0 aliphatic rings. The lowest BCUT2D eigenvalue weighted by atomic mass is 10.0. The number of amides is 1. The third-order valence-electron chi connectivity index (χ3n) is 3.56. The first-order valence-electron chi connectivity index (χ1n) is 7.78. The first-order valence-corrected chi connectivity index (χ1v) is 7.78. The van der Waals surface area contributed by atoms with Crippen molar-refractivity contribution < 1.29 is 4.79 Å². The molecular weight excluding hydrogens is 288 g/mol. The standard InChI is InChI=1S/C18H22N4O/c1-4-10-19-17(23)15-11-20-18(21-12-15)22-16-13(5-2)8-7-9-14(16)6-3/h4,7-9,11-12H,1,5-6,10H2,2-3H3,(H,19,23)(H,20,21,22). The van der Waals surface area contributed by atoms with Crippen LogP contribution >= 0.6 is 0 Å². The van der Waals surface area contributed by atoms with E-state index < -0.39 is 0 Å². The number of hydrogen-bond donors (Lipinski definition) is 2. The smallest absolute Gasteiger partial charge is 0.254 e. The van der Waals surface area contributed by atoms with Gasteiger partial charge in [0.15, 0.2) is 0 Å². The Morgan fingerprint density at radius 3 is 2.30 bits per heavy atom. The molecule has 5 heteroatoms. The normalized spacial score (nSPS) is 10.2. The Morgan fingerprint density at radius 2 is 1.78 bits per heavy atom. The lowest BCUT2D eigenvalue weighted by Gasteiger charge is -2.14. The van der Waals surface area contributed by atoms with E-state index in [0.29, 0.717) is 18.1 Å². The molecule has 0 fully saturated rings. The summed E-state index contributed by atoms with van der Waals surface area (Å²) in [5, 5.41) is 5.98. The first-order chi connectivity index (χ1) is 11.2. The van der Waals surface area contributed by atoms with Crippen molar-refractivity contribution in [1.29, 1.82) is 0 Å². The van der Waals surface area contributed by atoms with Crippen LogP contribution in [0.15, 0.2) is 43.2 Å². The number of carbonyl (C=O) groups excluding carboxylic acids is 1. The molecule has 120 valence electrons. The van der Waals surface area contributed by atoms with Gasteiger partial charge in [-0.3, -0.25) is 4.79 Å². The van der Waals surface area contributed by atoms with Crippen molar-refractivity contribution >= 4 is 17.5 Å². The summed E-state index contributed by atoms with van der Waals surface area (Å²) in [5.74, 6) is 0.278. The van der Waals surface area contributed by atoms with Crippen LogP contribution in [0.2, 0.25) is 0 Å². The maximum Gasteiger partial charge on any atom is 0.254 e. The van der Waals surface area contributed by atoms with Crippen molar-refractivity contribution in [3.63, 3.8) is 0 Å². The van der Waals surface area contributed by atoms with E-state index in [1.165, 1.54) is 23.5 Å². The largest absolute Gasteiger partial charge is 0.348 e. The highest BCUT2D eigenvalue weighted by molar-refractivity contribution is 5.93. The fraction of sp³-hybridized carbons (Fsp3) is 0.278. The van der Waals surface area contributed by atoms with Crippen molar-refractivity contribution in [1.82, 2.24) is 15.3 Å². The highest BCUT2D eigenvalue weighted by atomic mass is 16.1. The second kappa shape index (κ2) is 8.08. The van der Waals surface area contributed by atoms with Crippen molar-refractivity contribution in [2.75, 3.05) is 11.9 Å². The molecule has 0 radical (unpaired) electrons. The molecule has 0 spiro atoms. The van der Waals surface area contributed by atoms with Gasteiger partial charge in [-0.25, -0.2) is 9.97 Å². The van der Waals surface area contributed by atoms with Crippen LogP contribution in [-0.2, 0) is 12.8 Å². The molecule has 0 atom stereocenters. The number of nitrogens with zero attached hydrogens (tertiary/aromatic N) is 2. The highest BCUT2D eigenvalue weighted by Gasteiger charge is 2.09. The number of aryl methyl sites for hydroxylation is 2. The Balaban J connectivity index is 2.18. The van der Waals surface area contributed by atoms with Gasteiger partial charge in [0, 0.05) is 24.6 Å². The summed E-state index contributed by atoms with van der Waals surface area (Å²) < 4.78 is 0. The molecule has 2 N–H and O–H groups in total. The Hall–Kier alpha value is -2.69. The summed E-state index contributed by atoms with van der Waals surface area (Å²) in [4.78, 5) is 20.3. The molecule has 1 aromatic heterocycles. The second-order valence-electron chi connectivity index (χ2n) is 5.08. The van der Waals surface area contributed by atoms with Gasteiger partial charge in [0.25, 0.3) is 5.91 Å². The monoisotopic (exact) mass is 310 g/mol. The Morgan fingerprint density at radius 1 is 1.17 bits per heavy atom. The van der Waals surface area contributed by atoms with Gasteiger partial charge < -0.3 is 10.6 Å². The minimum absolute atomic E-state index is 0.209. The van der Waals surface area contributed by atoms with Gasteiger partial charge in [-0.1, -0.05) is 38.1 Å². The zero-order chi connectivity index (χ0) is 16.7. The predicted molar refractivity (Wildman–Crippen MR) is 93.0 cm³/mol. The average Bonchev–Trinajstić information content (AvgIpc) is 2.60. The summed E-state index contributed by atoms with van der Waals surface area (Å²) in [6.45, 7) is 8.22. The maximum atomic E-state index is 11.8. The molecule has 0 aliphatic heterocycles. The minimum atomic E-state index is -0.209.